The summed E-state index contributed by atoms with van der Waals surface area (Å²) in [6.07, 6.45) is 3.77. The molecule has 0 aliphatic carbocycles. The predicted octanol–water partition coefficient (Wildman–Crippen LogP) is 1.93. The molecular formula is C17H18N4O2S. The Bertz CT molecular complexity index is 920. The summed E-state index contributed by atoms with van der Waals surface area (Å²) < 4.78 is 3.20. The van der Waals surface area contributed by atoms with Crippen molar-refractivity contribution in [2.45, 2.75) is 25.9 Å². The third-order valence-corrected chi connectivity index (χ3v) is 5.28. The van der Waals surface area contributed by atoms with Crippen LogP contribution in [0.2, 0.25) is 0 Å². The number of carbonyl (C=O) groups is 1. The van der Waals surface area contributed by atoms with Gasteiger partial charge in [0.05, 0.1) is 12.1 Å². The topological polar surface area (TPSA) is 60.1 Å². The van der Waals surface area contributed by atoms with Crippen LogP contribution in [-0.4, -0.2) is 38.0 Å². The molecule has 0 saturated carbocycles. The number of carbonyl (C=O) groups excluding carboxylic acids is 1. The van der Waals surface area contributed by atoms with Crippen LogP contribution in [0, 0.1) is 0 Å². The number of nitrogens with zero attached hydrogens (tertiary/aromatic N) is 4. The molecule has 0 unspecified atom stereocenters. The Kier molecular flexibility index (Phi) is 3.93. The maximum absolute atomic E-state index is 12.9. The van der Waals surface area contributed by atoms with E-state index in [0.717, 1.165) is 30.8 Å². The summed E-state index contributed by atoms with van der Waals surface area (Å²) in [7, 11) is 0. The molecule has 1 saturated heterocycles. The summed E-state index contributed by atoms with van der Waals surface area (Å²) in [5.41, 5.74) is 1.17. The smallest absolute Gasteiger partial charge is 0.331 e. The molecular weight excluding hydrogens is 324 g/mol. The van der Waals surface area contributed by atoms with Gasteiger partial charge in [0, 0.05) is 24.2 Å². The Hall–Kier alpha value is -2.41. The van der Waals surface area contributed by atoms with E-state index in [0.29, 0.717) is 17.7 Å². The van der Waals surface area contributed by atoms with Gasteiger partial charge >= 0.3 is 5.69 Å². The number of likely N-dealkylation sites (tertiary alicyclic amines) is 1. The van der Waals surface area contributed by atoms with Crippen molar-refractivity contribution in [3.8, 4) is 0 Å². The first-order valence-corrected chi connectivity index (χ1v) is 8.96. The number of rotatable bonds is 4. The van der Waals surface area contributed by atoms with Gasteiger partial charge in [0.1, 0.15) is 6.54 Å². The van der Waals surface area contributed by atoms with E-state index in [4.69, 9.17) is 0 Å². The van der Waals surface area contributed by atoms with Crippen LogP contribution in [0.1, 0.15) is 17.7 Å². The number of hydrogen-bond donors (Lipinski definition) is 0. The van der Waals surface area contributed by atoms with Gasteiger partial charge < -0.3 is 4.90 Å². The van der Waals surface area contributed by atoms with Gasteiger partial charge in [-0.3, -0.25) is 13.9 Å². The number of imidazole rings is 1. The molecule has 1 aliphatic heterocycles. The van der Waals surface area contributed by atoms with Crippen molar-refractivity contribution in [1.82, 2.24) is 19.0 Å². The molecule has 0 spiro atoms. The number of hydrogen-bond acceptors (Lipinski definition) is 4. The first-order valence-electron chi connectivity index (χ1n) is 8.08. The fourth-order valence-corrected chi connectivity index (χ4v) is 3.89. The summed E-state index contributed by atoms with van der Waals surface area (Å²) in [6, 6.07) is 7.62. The van der Waals surface area contributed by atoms with Crippen molar-refractivity contribution in [2.24, 2.45) is 0 Å². The quantitative estimate of drug-likeness (QED) is 0.728. The summed E-state index contributed by atoms with van der Waals surface area (Å²) in [5.74, 6) is 0.00799. The predicted molar refractivity (Wildman–Crippen MR) is 93.2 cm³/mol. The van der Waals surface area contributed by atoms with Gasteiger partial charge in [-0.2, -0.15) is 0 Å². The van der Waals surface area contributed by atoms with Gasteiger partial charge in [-0.15, -0.1) is 11.3 Å². The second kappa shape index (κ2) is 6.24. The van der Waals surface area contributed by atoms with E-state index in [2.05, 4.69) is 4.98 Å². The van der Waals surface area contributed by atoms with Crippen molar-refractivity contribution < 1.29 is 4.79 Å². The van der Waals surface area contributed by atoms with Crippen molar-refractivity contribution in [3.63, 3.8) is 0 Å². The molecule has 0 atom stereocenters. The minimum Gasteiger partial charge on any atom is -0.341 e. The fraction of sp³-hybridized carbons (Fsp3) is 0.353. The Balaban J connectivity index is 1.73. The lowest BCUT2D eigenvalue weighted by molar-refractivity contribution is -0.130. The zero-order chi connectivity index (χ0) is 16.5. The van der Waals surface area contributed by atoms with Crippen LogP contribution < -0.4 is 5.69 Å². The lowest BCUT2D eigenvalue weighted by atomic mass is 10.4. The van der Waals surface area contributed by atoms with Crippen molar-refractivity contribution in [1.29, 1.82) is 0 Å². The molecule has 4 rings (SSSR count). The third kappa shape index (κ3) is 2.65. The highest BCUT2D eigenvalue weighted by Crippen LogP contribution is 2.16. The first-order chi connectivity index (χ1) is 11.7. The molecule has 0 bridgehead atoms. The van der Waals surface area contributed by atoms with Gasteiger partial charge in [-0.1, -0.05) is 6.07 Å². The molecule has 1 aliphatic rings. The number of amides is 1. The van der Waals surface area contributed by atoms with E-state index >= 15 is 0 Å². The van der Waals surface area contributed by atoms with E-state index in [1.807, 2.05) is 28.5 Å². The standard InChI is InChI=1S/C17H18N4O2S/c22-15(19-8-1-2-9-19)12-20-14-6-3-7-18-16(14)21(17(20)23)11-13-5-4-10-24-13/h3-7,10H,1-2,8-9,11-12H2. The average molecular weight is 342 g/mol. The van der Waals surface area contributed by atoms with E-state index in [9.17, 15) is 9.59 Å². The summed E-state index contributed by atoms with van der Waals surface area (Å²) >= 11 is 1.61. The highest BCUT2D eigenvalue weighted by Gasteiger charge is 2.22. The highest BCUT2D eigenvalue weighted by atomic mass is 32.1. The molecule has 0 N–H and O–H groups in total. The molecule has 4 heterocycles. The van der Waals surface area contributed by atoms with E-state index in [1.54, 1.807) is 32.7 Å². The Morgan fingerprint density at radius 3 is 2.75 bits per heavy atom. The maximum Gasteiger partial charge on any atom is 0.331 e. The van der Waals surface area contributed by atoms with Gasteiger partial charge in [-0.05, 0) is 36.4 Å². The molecule has 3 aromatic rings. The number of fused-ring (bicyclic) bond motifs is 1. The molecule has 7 heteroatoms. The summed E-state index contributed by atoms with van der Waals surface area (Å²) in [4.78, 5) is 32.7. The molecule has 124 valence electrons. The van der Waals surface area contributed by atoms with Crippen LogP contribution >= 0.6 is 11.3 Å². The Morgan fingerprint density at radius 1 is 1.17 bits per heavy atom. The fourth-order valence-electron chi connectivity index (χ4n) is 3.20. The highest BCUT2D eigenvalue weighted by molar-refractivity contribution is 7.09. The third-order valence-electron chi connectivity index (χ3n) is 4.42. The Labute approximate surface area is 143 Å². The molecule has 0 aromatic carbocycles. The van der Waals surface area contributed by atoms with Crippen LogP contribution in [0.3, 0.4) is 0 Å². The van der Waals surface area contributed by atoms with Gasteiger partial charge in [0.15, 0.2) is 5.65 Å². The van der Waals surface area contributed by atoms with Crippen LogP contribution in [0.4, 0.5) is 0 Å². The second-order valence-corrected chi connectivity index (χ2v) is 7.00. The summed E-state index contributed by atoms with van der Waals surface area (Å²) in [5, 5.41) is 1.99. The van der Waals surface area contributed by atoms with Gasteiger partial charge in [-0.25, -0.2) is 9.78 Å². The van der Waals surface area contributed by atoms with E-state index in [1.165, 1.54) is 0 Å². The van der Waals surface area contributed by atoms with E-state index in [-0.39, 0.29) is 18.1 Å². The van der Waals surface area contributed by atoms with E-state index < -0.39 is 0 Å². The lowest BCUT2D eigenvalue weighted by Crippen LogP contribution is -2.35. The largest absolute Gasteiger partial charge is 0.341 e. The lowest BCUT2D eigenvalue weighted by Gasteiger charge is -2.15. The number of pyridine rings is 1. The van der Waals surface area contributed by atoms with Crippen LogP contribution in [-0.2, 0) is 17.9 Å². The minimum absolute atomic E-state index is 0.00799. The first kappa shape index (κ1) is 15.1. The minimum atomic E-state index is -0.176. The molecule has 0 radical (unpaired) electrons. The normalized spacial score (nSPS) is 14.6. The van der Waals surface area contributed by atoms with Gasteiger partial charge in [0.25, 0.3) is 0 Å². The van der Waals surface area contributed by atoms with Gasteiger partial charge in [0.2, 0.25) is 5.91 Å². The van der Waals surface area contributed by atoms with Crippen molar-refractivity contribution >= 4 is 28.4 Å². The molecule has 1 fully saturated rings. The zero-order valence-corrected chi connectivity index (χ0v) is 14.0. The molecule has 1 amide bonds. The number of thiophene rings is 1. The SMILES string of the molecule is O=C(Cn1c(=O)n(Cc2cccs2)c2ncccc21)N1CCCC1. The Morgan fingerprint density at radius 2 is 2.00 bits per heavy atom. The molecule has 24 heavy (non-hydrogen) atoms. The monoisotopic (exact) mass is 342 g/mol. The summed E-state index contributed by atoms with van der Waals surface area (Å²) in [6.45, 7) is 2.15. The van der Waals surface area contributed by atoms with Crippen molar-refractivity contribution in [2.75, 3.05) is 13.1 Å². The van der Waals surface area contributed by atoms with Crippen LogP contribution in [0.25, 0.3) is 11.2 Å². The number of aromatic nitrogens is 3. The zero-order valence-electron chi connectivity index (χ0n) is 13.2. The maximum atomic E-state index is 12.9. The molecule has 6 nitrogen and oxygen atoms in total. The second-order valence-electron chi connectivity index (χ2n) is 5.97. The van der Waals surface area contributed by atoms with Crippen molar-refractivity contribution in [3.05, 3.63) is 51.2 Å². The van der Waals surface area contributed by atoms with Crippen LogP contribution in [0.15, 0.2) is 40.6 Å². The average Bonchev–Trinajstić information content (AvgIpc) is 3.33. The van der Waals surface area contributed by atoms with Crippen LogP contribution in [0.5, 0.6) is 0 Å². The molecule has 3 aromatic heterocycles.